The zero-order valence-corrected chi connectivity index (χ0v) is 34.5. The largest absolute Gasteiger partial charge is 0.481 e. The number of allylic oxidation sites excluding steroid dienone is 21. The molecular formula is C47H60O8. The first-order chi connectivity index (χ1) is 25.5. The van der Waals surface area contributed by atoms with Crippen molar-refractivity contribution in [3.8, 4) is 0 Å². The van der Waals surface area contributed by atoms with Gasteiger partial charge in [-0.15, -0.1) is 0 Å². The lowest BCUT2D eigenvalue weighted by Gasteiger charge is -2.36. The smallest absolute Gasteiger partial charge is 0.307 e. The minimum Gasteiger partial charge on any atom is -0.481 e. The van der Waals surface area contributed by atoms with Gasteiger partial charge < -0.3 is 14.9 Å². The summed E-state index contributed by atoms with van der Waals surface area (Å²) in [6.07, 6.45) is 26.8. The Morgan fingerprint density at radius 1 is 0.673 bits per heavy atom. The topological polar surface area (TPSA) is 135 Å². The Labute approximate surface area is 327 Å². The number of carboxylic acid groups (broad SMARTS) is 2. The molecule has 0 heterocycles. The molecule has 0 aliphatic heterocycles. The summed E-state index contributed by atoms with van der Waals surface area (Å²) >= 11 is 0. The fourth-order valence-electron chi connectivity index (χ4n) is 6.96. The Bertz CT molecular complexity index is 1860. The third kappa shape index (κ3) is 14.6. The maximum absolute atomic E-state index is 13.1. The lowest BCUT2D eigenvalue weighted by atomic mass is 9.68. The number of carboxylic acids is 2. The van der Waals surface area contributed by atoms with Gasteiger partial charge in [-0.3, -0.25) is 24.0 Å². The van der Waals surface area contributed by atoms with Crippen molar-refractivity contribution >= 4 is 29.5 Å². The van der Waals surface area contributed by atoms with Gasteiger partial charge in [-0.2, -0.15) is 0 Å². The molecule has 8 heteroatoms. The SMILES string of the molecule is CC1=C(/C=C/C(C)=C/C=C/C(C)=C/C=C/C=C(C)/C=C/C=C(C)/C=C/C2=C(C)C(=O)C(OC(=O)CC(CC(=O)O)C(=O)O)CC2(C)C)C(C)(C)CC(C)C1=O. The lowest BCUT2D eigenvalue weighted by Crippen LogP contribution is -2.39. The first-order valence-electron chi connectivity index (χ1n) is 18.8. The average Bonchev–Trinajstić information content (AvgIpc) is 3.06. The molecule has 0 spiro atoms. The fraction of sp³-hybridized carbons (Fsp3) is 0.426. The van der Waals surface area contributed by atoms with E-state index in [1.54, 1.807) is 6.92 Å². The highest BCUT2D eigenvalue weighted by Gasteiger charge is 2.40. The second-order valence-electron chi connectivity index (χ2n) is 16.1. The fourth-order valence-corrected chi connectivity index (χ4v) is 6.96. The zero-order valence-electron chi connectivity index (χ0n) is 34.5. The molecular weight excluding hydrogens is 693 g/mol. The van der Waals surface area contributed by atoms with Crippen molar-refractivity contribution in [3.63, 3.8) is 0 Å². The highest BCUT2D eigenvalue weighted by atomic mass is 16.5. The van der Waals surface area contributed by atoms with E-state index in [2.05, 4.69) is 45.1 Å². The average molecular weight is 753 g/mol. The number of hydrogen-bond donors (Lipinski definition) is 2. The summed E-state index contributed by atoms with van der Waals surface area (Å²) in [7, 11) is 0. The van der Waals surface area contributed by atoms with Gasteiger partial charge in [0.25, 0.3) is 0 Å². The Morgan fingerprint density at radius 3 is 1.55 bits per heavy atom. The third-order valence-electron chi connectivity index (χ3n) is 10.0. The number of hydrogen-bond acceptors (Lipinski definition) is 6. The number of ketones is 2. The Kier molecular flexibility index (Phi) is 17.2. The van der Waals surface area contributed by atoms with Crippen LogP contribution in [0.25, 0.3) is 0 Å². The van der Waals surface area contributed by atoms with Crippen LogP contribution in [-0.4, -0.2) is 45.8 Å². The molecule has 0 aromatic rings. The number of esters is 1. The molecule has 3 atom stereocenters. The van der Waals surface area contributed by atoms with E-state index in [0.29, 0.717) is 5.57 Å². The number of rotatable bonds is 16. The molecule has 2 aliphatic carbocycles. The van der Waals surface area contributed by atoms with Crippen molar-refractivity contribution in [2.24, 2.45) is 22.7 Å². The quantitative estimate of drug-likeness (QED) is 0.118. The van der Waals surface area contributed by atoms with Crippen molar-refractivity contribution in [1.29, 1.82) is 0 Å². The molecule has 296 valence electrons. The Hall–Kier alpha value is -5.11. The highest BCUT2D eigenvalue weighted by Crippen LogP contribution is 2.42. The van der Waals surface area contributed by atoms with Gasteiger partial charge in [-0.05, 0) is 81.1 Å². The molecule has 0 fully saturated rings. The summed E-state index contributed by atoms with van der Waals surface area (Å²) in [5, 5.41) is 18.2. The predicted molar refractivity (Wildman–Crippen MR) is 220 cm³/mol. The molecule has 8 nitrogen and oxygen atoms in total. The van der Waals surface area contributed by atoms with Crippen LogP contribution in [0.4, 0.5) is 0 Å². The van der Waals surface area contributed by atoms with Crippen LogP contribution in [0.2, 0.25) is 0 Å². The monoisotopic (exact) mass is 752 g/mol. The summed E-state index contributed by atoms with van der Waals surface area (Å²) < 4.78 is 5.37. The second kappa shape index (κ2) is 20.5. The molecule has 0 saturated heterocycles. The van der Waals surface area contributed by atoms with Gasteiger partial charge in [0.2, 0.25) is 0 Å². The standard InChI is InChI=1S/C47H60O8/c1-30(18-14-20-32(3)22-24-38-35(6)43(51)34(5)28-46(38,8)9)16-12-13-17-31(2)19-15-21-33(4)23-25-39-36(7)44(52)40(29-47(39,10)11)55-42(50)27-37(45(53)54)26-41(48)49/h12-25,34,37,40H,26-29H2,1-11H3,(H,48,49)(H,53,54)/b13-12+,18-14+,19-15+,24-22+,25-23+,30-16+,31-17+,32-20+,33-21+. The molecule has 2 N–H and O–H groups in total. The molecule has 2 aliphatic rings. The number of ether oxygens (including phenoxy) is 1. The van der Waals surface area contributed by atoms with Gasteiger partial charge in [0, 0.05) is 12.3 Å². The normalized spacial score (nSPS) is 22.3. The van der Waals surface area contributed by atoms with E-state index in [4.69, 9.17) is 9.84 Å². The number of Topliss-reactive ketones (excluding diaryl/α,β-unsaturated/α-hetero) is 2. The van der Waals surface area contributed by atoms with Gasteiger partial charge in [0.1, 0.15) is 0 Å². The van der Waals surface area contributed by atoms with Gasteiger partial charge in [0.15, 0.2) is 17.7 Å². The molecule has 55 heavy (non-hydrogen) atoms. The van der Waals surface area contributed by atoms with Gasteiger partial charge >= 0.3 is 17.9 Å². The van der Waals surface area contributed by atoms with E-state index in [1.165, 1.54) is 0 Å². The molecule has 0 bridgehead atoms. The van der Waals surface area contributed by atoms with Crippen molar-refractivity contribution in [2.45, 2.75) is 108 Å². The number of carbonyl (C=O) groups excluding carboxylic acids is 3. The van der Waals surface area contributed by atoms with Gasteiger partial charge in [-0.25, -0.2) is 0 Å². The van der Waals surface area contributed by atoms with Crippen LogP contribution in [0.3, 0.4) is 0 Å². The van der Waals surface area contributed by atoms with Crippen molar-refractivity contribution in [1.82, 2.24) is 0 Å². The van der Waals surface area contributed by atoms with Crippen LogP contribution in [-0.2, 0) is 28.7 Å². The maximum atomic E-state index is 13.1. The molecule has 0 aromatic carbocycles. The van der Waals surface area contributed by atoms with Crippen molar-refractivity contribution in [3.05, 3.63) is 130 Å². The summed E-state index contributed by atoms with van der Waals surface area (Å²) in [4.78, 5) is 60.4. The Morgan fingerprint density at radius 2 is 1.09 bits per heavy atom. The molecule has 3 unspecified atom stereocenters. The van der Waals surface area contributed by atoms with Crippen LogP contribution in [0.1, 0.15) is 102 Å². The minimum atomic E-state index is -1.43. The van der Waals surface area contributed by atoms with E-state index in [1.807, 2.05) is 109 Å². The molecule has 2 rings (SSSR count). The van der Waals surface area contributed by atoms with E-state index >= 15 is 0 Å². The van der Waals surface area contributed by atoms with Crippen LogP contribution in [0, 0.1) is 22.7 Å². The zero-order chi connectivity index (χ0) is 41.7. The molecule has 0 radical (unpaired) electrons. The first-order valence-corrected chi connectivity index (χ1v) is 18.8. The van der Waals surface area contributed by atoms with Crippen molar-refractivity contribution < 1.29 is 38.9 Å². The predicted octanol–water partition coefficient (Wildman–Crippen LogP) is 10.3. The summed E-state index contributed by atoms with van der Waals surface area (Å²) in [5.41, 5.74) is 6.97. The highest BCUT2D eigenvalue weighted by molar-refractivity contribution is 6.02. The van der Waals surface area contributed by atoms with E-state index in [-0.39, 0.29) is 29.3 Å². The molecule has 0 aromatic heterocycles. The van der Waals surface area contributed by atoms with Crippen LogP contribution >= 0.6 is 0 Å². The Balaban J connectivity index is 1.99. The van der Waals surface area contributed by atoms with Crippen LogP contribution < -0.4 is 0 Å². The van der Waals surface area contributed by atoms with Crippen LogP contribution in [0.5, 0.6) is 0 Å². The summed E-state index contributed by atoms with van der Waals surface area (Å²) in [6, 6.07) is 0. The van der Waals surface area contributed by atoms with Crippen molar-refractivity contribution in [2.75, 3.05) is 0 Å². The third-order valence-corrected chi connectivity index (χ3v) is 10.0. The molecule has 0 saturated carbocycles. The van der Waals surface area contributed by atoms with E-state index in [9.17, 15) is 29.1 Å². The first kappa shape index (κ1) is 46.0. The number of aliphatic carboxylic acids is 2. The second-order valence-corrected chi connectivity index (χ2v) is 16.1. The maximum Gasteiger partial charge on any atom is 0.307 e. The van der Waals surface area contributed by atoms with E-state index in [0.717, 1.165) is 45.4 Å². The van der Waals surface area contributed by atoms with Gasteiger partial charge in [0.05, 0.1) is 18.8 Å². The molecule has 0 amide bonds. The number of carbonyl (C=O) groups is 5. The van der Waals surface area contributed by atoms with E-state index < -0.39 is 48.2 Å². The lowest BCUT2D eigenvalue weighted by molar-refractivity contribution is -0.160. The summed E-state index contributed by atoms with van der Waals surface area (Å²) in [6.45, 7) is 22.0. The van der Waals surface area contributed by atoms with Gasteiger partial charge in [-0.1, -0.05) is 142 Å². The minimum absolute atomic E-state index is 0.0241. The summed E-state index contributed by atoms with van der Waals surface area (Å²) in [5.74, 6) is -5.12. The van der Waals surface area contributed by atoms with Crippen LogP contribution in [0.15, 0.2) is 130 Å².